The molecular formula is C8H7ClN6. The molecule has 0 aliphatic heterocycles. The molecule has 15 heavy (non-hydrogen) atoms. The highest BCUT2D eigenvalue weighted by molar-refractivity contribution is 6.33. The molecule has 2 aromatic rings. The molecule has 0 radical (unpaired) electrons. The molecule has 0 aliphatic carbocycles. The number of nitrogens with one attached hydrogen (secondary N) is 2. The smallest absolute Gasteiger partial charge is 0.243 e. The standard InChI is InChI=1S/C8H7ClN6/c9-7-4-2-1-3-6(7)5-10-11-8-12-14-15-13-8/h1-5H,(H2,11,12,13,14,15). The lowest BCUT2D eigenvalue weighted by molar-refractivity contribution is 0.881. The van der Waals surface area contributed by atoms with E-state index in [2.05, 4.69) is 31.2 Å². The van der Waals surface area contributed by atoms with Crippen molar-refractivity contribution in [1.29, 1.82) is 0 Å². The molecule has 0 fully saturated rings. The van der Waals surface area contributed by atoms with Gasteiger partial charge < -0.3 is 0 Å². The Morgan fingerprint density at radius 1 is 1.40 bits per heavy atom. The fourth-order valence-corrected chi connectivity index (χ4v) is 1.13. The highest BCUT2D eigenvalue weighted by atomic mass is 35.5. The normalized spacial score (nSPS) is 10.7. The zero-order valence-electron chi connectivity index (χ0n) is 7.55. The van der Waals surface area contributed by atoms with Gasteiger partial charge in [0.25, 0.3) is 5.95 Å². The van der Waals surface area contributed by atoms with Crippen LogP contribution >= 0.6 is 11.6 Å². The van der Waals surface area contributed by atoms with Gasteiger partial charge in [-0.15, -0.1) is 5.10 Å². The average molecular weight is 223 g/mol. The number of aromatic amines is 1. The van der Waals surface area contributed by atoms with Gasteiger partial charge in [0.2, 0.25) is 0 Å². The summed E-state index contributed by atoms with van der Waals surface area (Å²) in [6.07, 6.45) is 1.58. The van der Waals surface area contributed by atoms with E-state index >= 15 is 0 Å². The number of benzene rings is 1. The topological polar surface area (TPSA) is 78.9 Å². The SMILES string of the molecule is Clc1ccccc1C=NNc1nn[nH]n1. The van der Waals surface area contributed by atoms with E-state index in [1.807, 2.05) is 18.2 Å². The number of aromatic nitrogens is 4. The lowest BCUT2D eigenvalue weighted by Gasteiger charge is -1.95. The molecule has 0 bridgehead atoms. The maximum atomic E-state index is 5.92. The number of nitrogens with zero attached hydrogens (tertiary/aromatic N) is 4. The highest BCUT2D eigenvalue weighted by Crippen LogP contribution is 2.12. The first-order chi connectivity index (χ1) is 7.36. The summed E-state index contributed by atoms with van der Waals surface area (Å²) in [7, 11) is 0. The highest BCUT2D eigenvalue weighted by Gasteiger charge is 1.95. The Labute approximate surface area is 90.3 Å². The average Bonchev–Trinajstić information content (AvgIpc) is 2.74. The quantitative estimate of drug-likeness (QED) is 0.606. The van der Waals surface area contributed by atoms with Crippen LogP contribution < -0.4 is 5.43 Å². The molecule has 0 saturated carbocycles. The first-order valence-corrected chi connectivity index (χ1v) is 4.51. The van der Waals surface area contributed by atoms with E-state index in [4.69, 9.17) is 11.6 Å². The summed E-state index contributed by atoms with van der Waals surface area (Å²) in [5, 5.41) is 17.5. The van der Waals surface area contributed by atoms with Crippen LogP contribution in [0.1, 0.15) is 5.56 Å². The van der Waals surface area contributed by atoms with Gasteiger partial charge in [-0.25, -0.2) is 5.43 Å². The molecule has 0 amide bonds. The van der Waals surface area contributed by atoms with Crippen molar-refractivity contribution in [2.24, 2.45) is 5.10 Å². The fourth-order valence-electron chi connectivity index (χ4n) is 0.949. The fraction of sp³-hybridized carbons (Fsp3) is 0. The predicted octanol–water partition coefficient (Wildman–Crippen LogP) is 1.30. The van der Waals surface area contributed by atoms with Crippen LogP contribution in [-0.2, 0) is 0 Å². The van der Waals surface area contributed by atoms with E-state index in [9.17, 15) is 0 Å². The van der Waals surface area contributed by atoms with Gasteiger partial charge in [-0.3, -0.25) is 0 Å². The summed E-state index contributed by atoms with van der Waals surface area (Å²) in [5.41, 5.74) is 3.41. The Bertz CT molecular complexity index is 452. The molecular weight excluding hydrogens is 216 g/mol. The molecule has 76 valence electrons. The number of anilines is 1. The summed E-state index contributed by atoms with van der Waals surface area (Å²) in [5.74, 6) is 0.304. The van der Waals surface area contributed by atoms with Crippen molar-refractivity contribution < 1.29 is 0 Å². The molecule has 2 N–H and O–H groups in total. The Kier molecular flexibility index (Phi) is 2.89. The molecule has 1 heterocycles. The van der Waals surface area contributed by atoms with E-state index in [1.54, 1.807) is 12.3 Å². The van der Waals surface area contributed by atoms with Crippen LogP contribution in [0.5, 0.6) is 0 Å². The van der Waals surface area contributed by atoms with E-state index in [1.165, 1.54) is 0 Å². The van der Waals surface area contributed by atoms with E-state index in [-0.39, 0.29) is 0 Å². The van der Waals surface area contributed by atoms with Crippen LogP contribution in [0, 0.1) is 0 Å². The van der Waals surface area contributed by atoms with Gasteiger partial charge in [-0.2, -0.15) is 10.3 Å². The number of tetrazole rings is 1. The van der Waals surface area contributed by atoms with E-state index in [0.29, 0.717) is 11.0 Å². The van der Waals surface area contributed by atoms with Gasteiger partial charge in [0.05, 0.1) is 6.21 Å². The molecule has 7 heteroatoms. The van der Waals surface area contributed by atoms with Gasteiger partial charge in [0, 0.05) is 10.6 Å². The Hall–Kier alpha value is -1.95. The summed E-state index contributed by atoms with van der Waals surface area (Å²) in [6, 6.07) is 7.37. The predicted molar refractivity (Wildman–Crippen MR) is 56.8 cm³/mol. The summed E-state index contributed by atoms with van der Waals surface area (Å²) >= 11 is 5.92. The van der Waals surface area contributed by atoms with Crippen molar-refractivity contribution in [1.82, 2.24) is 20.6 Å². The zero-order valence-corrected chi connectivity index (χ0v) is 8.31. The third-order valence-electron chi connectivity index (χ3n) is 1.62. The molecule has 0 atom stereocenters. The Morgan fingerprint density at radius 2 is 2.27 bits per heavy atom. The number of hydrogen-bond acceptors (Lipinski definition) is 5. The number of rotatable bonds is 3. The van der Waals surface area contributed by atoms with Crippen LogP contribution in [0.15, 0.2) is 29.4 Å². The second-order valence-corrected chi connectivity index (χ2v) is 3.03. The van der Waals surface area contributed by atoms with Crippen LogP contribution in [0.4, 0.5) is 5.95 Å². The third kappa shape index (κ3) is 2.50. The molecule has 0 spiro atoms. The minimum atomic E-state index is 0.304. The van der Waals surface area contributed by atoms with Crippen molar-refractivity contribution in [3.8, 4) is 0 Å². The van der Waals surface area contributed by atoms with E-state index in [0.717, 1.165) is 5.56 Å². The minimum Gasteiger partial charge on any atom is -0.243 e. The summed E-state index contributed by atoms with van der Waals surface area (Å²) in [4.78, 5) is 0. The molecule has 0 aliphatic rings. The van der Waals surface area contributed by atoms with Crippen LogP contribution in [0.2, 0.25) is 5.02 Å². The van der Waals surface area contributed by atoms with E-state index < -0.39 is 0 Å². The summed E-state index contributed by atoms with van der Waals surface area (Å²) in [6.45, 7) is 0. The van der Waals surface area contributed by atoms with Gasteiger partial charge >= 0.3 is 0 Å². The lowest BCUT2D eigenvalue weighted by atomic mass is 10.2. The lowest BCUT2D eigenvalue weighted by Crippen LogP contribution is -1.92. The van der Waals surface area contributed by atoms with Crippen LogP contribution in [0.25, 0.3) is 0 Å². The molecule has 2 rings (SSSR count). The molecule has 0 saturated heterocycles. The Balaban J connectivity index is 2.03. The number of halogens is 1. The molecule has 1 aromatic carbocycles. The Morgan fingerprint density at radius 3 is 3.00 bits per heavy atom. The largest absolute Gasteiger partial charge is 0.283 e. The summed E-state index contributed by atoms with van der Waals surface area (Å²) < 4.78 is 0. The first-order valence-electron chi connectivity index (χ1n) is 4.13. The zero-order chi connectivity index (χ0) is 10.5. The van der Waals surface area contributed by atoms with Crippen LogP contribution in [0.3, 0.4) is 0 Å². The van der Waals surface area contributed by atoms with Crippen LogP contribution in [-0.4, -0.2) is 26.8 Å². The van der Waals surface area contributed by atoms with Gasteiger partial charge in [-0.1, -0.05) is 34.9 Å². The van der Waals surface area contributed by atoms with Crippen molar-refractivity contribution in [2.45, 2.75) is 0 Å². The second kappa shape index (κ2) is 4.52. The van der Waals surface area contributed by atoms with Gasteiger partial charge in [0.1, 0.15) is 0 Å². The monoisotopic (exact) mass is 222 g/mol. The van der Waals surface area contributed by atoms with Crippen molar-refractivity contribution in [3.05, 3.63) is 34.9 Å². The molecule has 6 nitrogen and oxygen atoms in total. The third-order valence-corrected chi connectivity index (χ3v) is 1.96. The first kappa shape index (κ1) is 9.60. The van der Waals surface area contributed by atoms with Gasteiger partial charge in [0.15, 0.2) is 0 Å². The van der Waals surface area contributed by atoms with Gasteiger partial charge in [-0.05, 0) is 11.3 Å². The van der Waals surface area contributed by atoms with Crippen molar-refractivity contribution >= 4 is 23.8 Å². The van der Waals surface area contributed by atoms with Crippen molar-refractivity contribution in [3.63, 3.8) is 0 Å². The molecule has 0 unspecified atom stereocenters. The number of hydrogen-bond donors (Lipinski definition) is 2. The maximum Gasteiger partial charge on any atom is 0.283 e. The number of H-pyrrole nitrogens is 1. The minimum absolute atomic E-state index is 0.304. The van der Waals surface area contributed by atoms with Crippen molar-refractivity contribution in [2.75, 3.05) is 5.43 Å². The number of hydrazone groups is 1. The maximum absolute atomic E-state index is 5.92. The second-order valence-electron chi connectivity index (χ2n) is 2.63. The molecule has 1 aromatic heterocycles.